The van der Waals surface area contributed by atoms with Crippen LogP contribution >= 0.6 is 11.8 Å². The highest BCUT2D eigenvalue weighted by molar-refractivity contribution is 7.99. The molecule has 4 atom stereocenters. The molecule has 206 valence electrons. The number of benzene rings is 3. The number of rotatable bonds is 11. The van der Waals surface area contributed by atoms with E-state index in [-0.39, 0.29) is 49.5 Å². The summed E-state index contributed by atoms with van der Waals surface area (Å²) in [5.74, 6) is 1.23. The van der Waals surface area contributed by atoms with Gasteiger partial charge in [0.2, 0.25) is 5.91 Å². The molecule has 0 aromatic heterocycles. The molecule has 4 rings (SSSR count). The first-order valence-corrected chi connectivity index (χ1v) is 14.2. The monoisotopic (exact) mass is 549 g/mol. The Bertz CT molecular complexity index is 1250. The fourth-order valence-electron chi connectivity index (χ4n) is 4.57. The topological polar surface area (TPSA) is 105 Å². The van der Waals surface area contributed by atoms with Gasteiger partial charge in [-0.05, 0) is 35.7 Å². The van der Waals surface area contributed by atoms with Crippen LogP contribution in [0.1, 0.15) is 58.9 Å². The van der Waals surface area contributed by atoms with Gasteiger partial charge in [-0.25, -0.2) is 0 Å². The molecule has 0 radical (unpaired) electrons. The number of aliphatic hydroxyl groups excluding tert-OH is 2. The van der Waals surface area contributed by atoms with Gasteiger partial charge in [-0.1, -0.05) is 67.6 Å². The zero-order valence-corrected chi connectivity index (χ0v) is 23.0. The summed E-state index contributed by atoms with van der Waals surface area (Å²) < 4.78 is 12.8. The number of Topliss-reactive ketones (excluding diaryl/α,β-unsaturated/α-hetero) is 1. The Hall–Kier alpha value is -3.01. The lowest BCUT2D eigenvalue weighted by molar-refractivity contribution is -0.268. The lowest BCUT2D eigenvalue weighted by Gasteiger charge is -2.41. The summed E-state index contributed by atoms with van der Waals surface area (Å²) in [6.07, 6.45) is -0.680. The molecule has 1 heterocycles. The van der Waals surface area contributed by atoms with Crippen LogP contribution in [-0.2, 0) is 27.3 Å². The summed E-state index contributed by atoms with van der Waals surface area (Å²) in [5.41, 5.74) is 4.70. The Morgan fingerprint density at radius 3 is 2.28 bits per heavy atom. The zero-order chi connectivity index (χ0) is 27.8. The summed E-state index contributed by atoms with van der Waals surface area (Å²) in [5, 5.41) is 21.5. The molecule has 0 aliphatic carbocycles. The minimum atomic E-state index is -0.583. The van der Waals surface area contributed by atoms with Gasteiger partial charge in [0.05, 0.1) is 31.8 Å². The Morgan fingerprint density at radius 2 is 1.62 bits per heavy atom. The Balaban J connectivity index is 1.45. The number of hydrogen-bond donors (Lipinski definition) is 3. The Labute approximate surface area is 233 Å². The van der Waals surface area contributed by atoms with Crippen molar-refractivity contribution in [1.29, 1.82) is 0 Å². The van der Waals surface area contributed by atoms with Crippen molar-refractivity contribution in [2.24, 2.45) is 5.92 Å². The molecule has 7 nitrogen and oxygen atoms in total. The molecule has 1 aliphatic rings. The van der Waals surface area contributed by atoms with E-state index >= 15 is 0 Å². The summed E-state index contributed by atoms with van der Waals surface area (Å²) in [6.45, 7) is 3.71. The number of ketones is 1. The maximum absolute atomic E-state index is 12.6. The first kappa shape index (κ1) is 29.0. The molecule has 0 saturated carbocycles. The fraction of sp³-hybridized carbons (Fsp3) is 0.355. The minimum absolute atomic E-state index is 0.0112. The number of amides is 1. The molecule has 4 unspecified atom stereocenters. The van der Waals surface area contributed by atoms with Crippen LogP contribution in [0, 0.1) is 5.92 Å². The molecule has 0 spiro atoms. The molecule has 1 fully saturated rings. The number of carbonyl (C=O) groups excluding carboxylic acids is 2. The average Bonchev–Trinajstić information content (AvgIpc) is 2.94. The number of aliphatic hydroxyl groups is 2. The van der Waals surface area contributed by atoms with Gasteiger partial charge in [0.15, 0.2) is 12.1 Å². The highest BCUT2D eigenvalue weighted by Crippen LogP contribution is 2.42. The van der Waals surface area contributed by atoms with E-state index in [4.69, 9.17) is 9.47 Å². The molecule has 1 aliphatic heterocycles. The van der Waals surface area contributed by atoms with Crippen molar-refractivity contribution in [2.75, 3.05) is 23.4 Å². The van der Waals surface area contributed by atoms with Crippen LogP contribution in [0.4, 0.5) is 5.69 Å². The summed E-state index contributed by atoms with van der Waals surface area (Å²) in [4.78, 5) is 24.2. The van der Waals surface area contributed by atoms with Gasteiger partial charge in [-0.15, -0.1) is 0 Å². The second-order valence-electron chi connectivity index (χ2n) is 9.72. The van der Waals surface area contributed by atoms with Crippen LogP contribution in [0.5, 0.6) is 0 Å². The van der Waals surface area contributed by atoms with E-state index in [2.05, 4.69) is 12.2 Å². The molecule has 0 bridgehead atoms. The van der Waals surface area contributed by atoms with Crippen molar-refractivity contribution in [3.8, 4) is 0 Å². The second kappa shape index (κ2) is 13.9. The van der Waals surface area contributed by atoms with E-state index in [9.17, 15) is 19.8 Å². The Morgan fingerprint density at radius 1 is 0.923 bits per heavy atom. The van der Waals surface area contributed by atoms with Crippen molar-refractivity contribution in [3.63, 3.8) is 0 Å². The largest absolute Gasteiger partial charge is 0.396 e. The van der Waals surface area contributed by atoms with Crippen LogP contribution in [0.2, 0.25) is 0 Å². The van der Waals surface area contributed by atoms with Crippen LogP contribution in [0.15, 0.2) is 72.8 Å². The molecule has 8 heteroatoms. The average molecular weight is 550 g/mol. The lowest BCUT2D eigenvalue weighted by Crippen LogP contribution is -2.38. The fourth-order valence-corrected chi connectivity index (χ4v) is 5.48. The normalized spacial score (nSPS) is 20.9. The Kier molecular flexibility index (Phi) is 10.3. The molecule has 1 saturated heterocycles. The van der Waals surface area contributed by atoms with Gasteiger partial charge >= 0.3 is 0 Å². The van der Waals surface area contributed by atoms with Crippen molar-refractivity contribution < 1.29 is 29.3 Å². The highest BCUT2D eigenvalue weighted by atomic mass is 32.2. The van der Waals surface area contributed by atoms with Crippen LogP contribution < -0.4 is 5.32 Å². The number of anilines is 1. The first-order valence-electron chi connectivity index (χ1n) is 13.1. The summed E-state index contributed by atoms with van der Waals surface area (Å²) in [6, 6.07) is 22.3. The molecular formula is C31H35NO6S. The second-order valence-corrected chi connectivity index (χ2v) is 10.9. The molecular weight excluding hydrogens is 514 g/mol. The third-order valence-corrected chi connectivity index (χ3v) is 7.85. The predicted octanol–water partition coefficient (Wildman–Crippen LogP) is 5.08. The summed E-state index contributed by atoms with van der Waals surface area (Å²) >= 11 is 1.65. The lowest BCUT2D eigenvalue weighted by atomic mass is 9.91. The first-order chi connectivity index (χ1) is 18.9. The maximum Gasteiger partial charge on any atom is 0.228 e. The van der Waals surface area contributed by atoms with E-state index in [1.807, 2.05) is 48.5 Å². The molecule has 39 heavy (non-hydrogen) atoms. The van der Waals surface area contributed by atoms with Gasteiger partial charge in [-0.3, -0.25) is 9.59 Å². The molecule has 3 aromatic carbocycles. The molecule has 3 N–H and O–H groups in total. The molecule has 3 aromatic rings. The number of nitrogens with one attached hydrogen (secondary N) is 1. The van der Waals surface area contributed by atoms with Crippen LogP contribution in [-0.4, -0.2) is 46.1 Å². The van der Waals surface area contributed by atoms with Crippen molar-refractivity contribution in [1.82, 2.24) is 0 Å². The van der Waals surface area contributed by atoms with E-state index in [0.29, 0.717) is 17.0 Å². The SMILES string of the molecule is CC(=O)c1cccc(NC(=O)Cc2ccc(C3OC(CSCCO)C(C)C(c4ccc(CO)cc4)O3)cc2)c1. The third-order valence-electron chi connectivity index (χ3n) is 6.81. The van der Waals surface area contributed by atoms with Gasteiger partial charge < -0.3 is 25.0 Å². The minimum Gasteiger partial charge on any atom is -0.396 e. The number of carbonyl (C=O) groups is 2. The van der Waals surface area contributed by atoms with E-state index < -0.39 is 6.29 Å². The summed E-state index contributed by atoms with van der Waals surface area (Å²) in [7, 11) is 0. The highest BCUT2D eigenvalue weighted by Gasteiger charge is 2.38. The van der Waals surface area contributed by atoms with Crippen molar-refractivity contribution in [3.05, 3.63) is 101 Å². The van der Waals surface area contributed by atoms with Crippen LogP contribution in [0.25, 0.3) is 0 Å². The van der Waals surface area contributed by atoms with Gasteiger partial charge in [0, 0.05) is 34.2 Å². The smallest absolute Gasteiger partial charge is 0.228 e. The third kappa shape index (κ3) is 7.77. The van der Waals surface area contributed by atoms with Gasteiger partial charge in [0.25, 0.3) is 0 Å². The quantitative estimate of drug-likeness (QED) is 0.226. The maximum atomic E-state index is 12.6. The van der Waals surface area contributed by atoms with E-state index in [1.54, 1.807) is 36.0 Å². The van der Waals surface area contributed by atoms with Crippen molar-refractivity contribution >= 4 is 29.1 Å². The van der Waals surface area contributed by atoms with Crippen molar-refractivity contribution in [2.45, 2.75) is 45.4 Å². The number of hydrogen-bond acceptors (Lipinski definition) is 7. The predicted molar refractivity (Wildman–Crippen MR) is 153 cm³/mol. The van der Waals surface area contributed by atoms with E-state index in [1.165, 1.54) is 6.92 Å². The number of thioether (sulfide) groups is 1. The number of ether oxygens (including phenoxy) is 2. The van der Waals surface area contributed by atoms with Gasteiger partial charge in [-0.2, -0.15) is 11.8 Å². The van der Waals surface area contributed by atoms with Crippen LogP contribution in [0.3, 0.4) is 0 Å². The zero-order valence-electron chi connectivity index (χ0n) is 22.2. The molecule has 1 amide bonds. The standard InChI is InChI=1S/C31H35NO6S/c1-20-28(19-39-15-14-33)37-31(38-30(20)24-10-8-23(18-34)9-11-24)25-12-6-22(7-13-25)16-29(36)32-27-5-3-4-26(17-27)21(2)35/h3-13,17,20,28,30-31,33-34H,14-16,18-19H2,1-2H3,(H,32,36). The van der Waals surface area contributed by atoms with E-state index in [0.717, 1.165) is 28.0 Å². The van der Waals surface area contributed by atoms with Gasteiger partial charge in [0.1, 0.15) is 0 Å².